The number of hydrogen-bond acceptors (Lipinski definition) is 22. The Morgan fingerprint density at radius 3 is 1.58 bits per heavy atom. The van der Waals surface area contributed by atoms with E-state index in [2.05, 4.69) is 0 Å². The minimum absolute atomic E-state index is 0.116. The van der Waals surface area contributed by atoms with Gasteiger partial charge < -0.3 is 10.2 Å². The van der Waals surface area contributed by atoms with Crippen LogP contribution in [-0.4, -0.2) is 134 Å². The molecule has 0 amide bonds. The predicted molar refractivity (Wildman–Crippen MR) is 236 cm³/mol. The molecule has 0 spiro atoms. The summed E-state index contributed by atoms with van der Waals surface area (Å²) in [5.74, 6) is 4.31. The van der Waals surface area contributed by atoms with E-state index in [4.69, 9.17) is 20.0 Å². The van der Waals surface area contributed by atoms with Crippen LogP contribution in [0.2, 0.25) is 0 Å². The highest BCUT2D eigenvalue weighted by Crippen LogP contribution is 2.25. The molecule has 268 valence electrons. The molecule has 0 aliphatic carbocycles. The highest BCUT2D eigenvalue weighted by molar-refractivity contribution is 8.30. The van der Waals surface area contributed by atoms with Crippen molar-refractivity contribution in [1.29, 1.82) is 0 Å². The Kier molecular flexibility index (Phi) is 47.4. The van der Waals surface area contributed by atoms with Crippen molar-refractivity contribution in [2.24, 2.45) is 0 Å². The van der Waals surface area contributed by atoms with Gasteiger partial charge in [-0.15, -0.1) is 141 Å². The minimum Gasteiger partial charge on any atom is -0.386 e. The van der Waals surface area contributed by atoms with Gasteiger partial charge in [0.1, 0.15) is 5.94 Å². The Labute approximate surface area is 336 Å². The van der Waals surface area contributed by atoms with Gasteiger partial charge in [-0.25, -0.2) is 9.78 Å². The summed E-state index contributed by atoms with van der Waals surface area (Å²) in [7, 11) is -0.793. The molecule has 0 bridgehead atoms. The zero-order valence-electron chi connectivity index (χ0n) is 24.6. The number of hydrogen-bond donors (Lipinski definition) is 2. The van der Waals surface area contributed by atoms with Crippen molar-refractivity contribution in [3.8, 4) is 0 Å². The molecule has 0 heterocycles. The van der Waals surface area contributed by atoms with Crippen LogP contribution in [0.5, 0.6) is 0 Å². The van der Waals surface area contributed by atoms with Crippen molar-refractivity contribution in [3.63, 3.8) is 0 Å². The van der Waals surface area contributed by atoms with Crippen molar-refractivity contribution in [3.05, 3.63) is 0 Å². The van der Waals surface area contributed by atoms with E-state index in [1.54, 1.807) is 94.1 Å². The molecule has 0 aliphatic rings. The summed E-state index contributed by atoms with van der Waals surface area (Å²) < 4.78 is 11.8. The number of thioether (sulfide) groups is 15. The van der Waals surface area contributed by atoms with E-state index in [9.17, 15) is 13.8 Å². The standard InChI is InChI=1S/C22H42O7S16/c23-7-34-14-40-18-43-21(25)5-32-12-37-10-30-2-1-28-29-9-36-16-39-17-41-19-44-22(26)6-33-13-38-11-31-3-4-45(27)20-42-15-35-8-24/h23-24H,1-20H2. The second kappa shape index (κ2) is 43.0. The number of carbonyl (C=O) groups is 2. The van der Waals surface area contributed by atoms with Crippen LogP contribution in [-0.2, 0) is 30.2 Å². The van der Waals surface area contributed by atoms with Gasteiger partial charge in [0.15, 0.2) is 10.2 Å². The molecule has 0 aromatic carbocycles. The van der Waals surface area contributed by atoms with Crippen molar-refractivity contribution < 1.29 is 33.8 Å². The van der Waals surface area contributed by atoms with Crippen molar-refractivity contribution >= 4 is 197 Å². The first-order valence-electron chi connectivity index (χ1n) is 12.7. The van der Waals surface area contributed by atoms with Gasteiger partial charge in [-0.2, -0.15) is 11.8 Å². The lowest BCUT2D eigenvalue weighted by molar-refractivity contribution is -0.274. The Hall–Kier alpha value is 4.58. The molecular weight excluding hydrogens is 889 g/mol. The van der Waals surface area contributed by atoms with Crippen LogP contribution in [0.1, 0.15) is 0 Å². The van der Waals surface area contributed by atoms with Gasteiger partial charge in [0, 0.05) is 78.9 Å². The van der Waals surface area contributed by atoms with Gasteiger partial charge in [-0.1, -0.05) is 23.5 Å². The summed E-state index contributed by atoms with van der Waals surface area (Å²) in [6.45, 7) is 0.556. The van der Waals surface area contributed by atoms with Gasteiger partial charge in [-0.05, 0) is 0 Å². The maximum atomic E-state index is 12.0. The van der Waals surface area contributed by atoms with Crippen LogP contribution in [0.15, 0.2) is 0 Å². The first-order valence-corrected chi connectivity index (χ1v) is 31.2. The third-order valence-corrected chi connectivity index (χ3v) is 23.1. The van der Waals surface area contributed by atoms with Crippen LogP contribution in [0.25, 0.3) is 0 Å². The van der Waals surface area contributed by atoms with Gasteiger partial charge in [0.05, 0.1) is 35.1 Å². The highest BCUT2D eigenvalue weighted by Gasteiger charge is 2.05. The summed E-state index contributed by atoms with van der Waals surface area (Å²) in [4.78, 5) is 34.2. The second-order valence-corrected chi connectivity index (χ2v) is 27.7. The number of rotatable bonds is 37. The summed E-state index contributed by atoms with van der Waals surface area (Å²) in [5, 5.41) is 27.2. The Bertz CT molecular complexity index is 689. The largest absolute Gasteiger partial charge is 0.386 e. The molecule has 0 fully saturated rings. The molecule has 7 nitrogen and oxygen atoms in total. The van der Waals surface area contributed by atoms with Crippen molar-refractivity contribution in [2.75, 3.05) is 109 Å². The topological polar surface area (TPSA) is 110 Å². The van der Waals surface area contributed by atoms with E-state index >= 15 is 0 Å². The highest BCUT2D eigenvalue weighted by atomic mass is 32.3. The van der Waals surface area contributed by atoms with Crippen LogP contribution < -0.4 is 0 Å². The lowest BCUT2D eigenvalue weighted by Crippen LogP contribution is -2.02. The van der Waals surface area contributed by atoms with Crippen LogP contribution in [0.3, 0.4) is 0 Å². The average molecular weight is 932 g/mol. The van der Waals surface area contributed by atoms with E-state index in [1.807, 2.05) is 35.3 Å². The number of aliphatic hydroxyl groups is 2. The minimum atomic E-state index is -0.793. The zero-order chi connectivity index (χ0) is 32.9. The summed E-state index contributed by atoms with van der Waals surface area (Å²) in [5.41, 5.74) is 0. The molecule has 0 saturated heterocycles. The summed E-state index contributed by atoms with van der Waals surface area (Å²) in [6, 6.07) is 0. The van der Waals surface area contributed by atoms with E-state index in [-0.39, 0.29) is 22.1 Å². The van der Waals surface area contributed by atoms with E-state index in [0.717, 1.165) is 62.4 Å². The fraction of sp³-hybridized carbons (Fsp3) is 0.909. The molecule has 2 N–H and O–H groups in total. The maximum absolute atomic E-state index is 12.0. The smallest absolute Gasteiger partial charge is 0.199 e. The van der Waals surface area contributed by atoms with Gasteiger partial charge in [0.25, 0.3) is 0 Å². The molecule has 45 heavy (non-hydrogen) atoms. The predicted octanol–water partition coefficient (Wildman–Crippen LogP) is 8.12. The molecule has 0 rings (SSSR count). The van der Waals surface area contributed by atoms with Gasteiger partial charge in [0.2, 0.25) is 0 Å². The third kappa shape index (κ3) is 42.9. The SMILES string of the molecule is O=C(CSCSCSCCOOCSCSCSCSC(=O)CSCSCSCCS(=O)CSCSCO)SCSCSCO. The molecule has 0 saturated carbocycles. The molecule has 0 aromatic rings. The Balaban J connectivity index is 3.23. The second-order valence-electron chi connectivity index (χ2n) is 7.14. The fourth-order valence-corrected chi connectivity index (χ4v) is 19.5. The monoisotopic (exact) mass is 930 g/mol. The van der Waals surface area contributed by atoms with Crippen LogP contribution >= 0.6 is 176 Å². The lowest BCUT2D eigenvalue weighted by Gasteiger charge is -2.05. The van der Waals surface area contributed by atoms with Crippen molar-refractivity contribution in [2.45, 2.75) is 0 Å². The Morgan fingerprint density at radius 1 is 0.511 bits per heavy atom. The molecule has 0 radical (unpaired) electrons. The van der Waals surface area contributed by atoms with Crippen molar-refractivity contribution in [1.82, 2.24) is 0 Å². The molecular formula is C22H42O7S16. The third-order valence-electron chi connectivity index (χ3n) is 3.76. The molecule has 1 atom stereocenters. The quantitative estimate of drug-likeness (QED) is 0.0271. The molecule has 0 aliphatic heterocycles. The number of aliphatic hydroxyl groups excluding tert-OH is 2. The Morgan fingerprint density at radius 2 is 0.978 bits per heavy atom. The normalized spacial score (nSPS) is 12.1. The van der Waals surface area contributed by atoms with Gasteiger partial charge in [-0.3, -0.25) is 13.8 Å². The first-order chi connectivity index (χ1) is 22.1. The van der Waals surface area contributed by atoms with E-state index < -0.39 is 10.8 Å². The average Bonchev–Trinajstić information content (AvgIpc) is 3.03. The molecule has 0 aromatic heterocycles. The summed E-state index contributed by atoms with van der Waals surface area (Å²) in [6.07, 6.45) is 0. The van der Waals surface area contributed by atoms with E-state index in [0.29, 0.717) is 34.9 Å². The lowest BCUT2D eigenvalue weighted by atomic mass is 10.9. The number of carbonyl (C=O) groups excluding carboxylic acids is 2. The van der Waals surface area contributed by atoms with E-state index in [1.165, 1.54) is 47.0 Å². The summed E-state index contributed by atoms with van der Waals surface area (Å²) >= 11 is 24.7. The molecule has 23 heteroatoms. The molecule has 1 unspecified atom stereocenters. The fourth-order valence-electron chi connectivity index (χ4n) is 1.97. The zero-order valence-corrected chi connectivity index (χ0v) is 37.7. The first kappa shape index (κ1) is 49.6. The van der Waals surface area contributed by atoms with Crippen LogP contribution in [0, 0.1) is 0 Å². The maximum Gasteiger partial charge on any atom is 0.199 e. The van der Waals surface area contributed by atoms with Crippen LogP contribution in [0.4, 0.5) is 0 Å². The van der Waals surface area contributed by atoms with Gasteiger partial charge >= 0.3 is 0 Å².